The van der Waals surface area contributed by atoms with E-state index in [4.69, 9.17) is 0 Å². The van der Waals surface area contributed by atoms with Gasteiger partial charge in [-0.1, -0.05) is 0 Å². The Labute approximate surface area is 228 Å². The number of aryl methyl sites for hydroxylation is 1. The van der Waals surface area contributed by atoms with Crippen molar-refractivity contribution in [2.45, 2.75) is 31.1 Å². The molecule has 0 bridgehead atoms. The van der Waals surface area contributed by atoms with Crippen molar-refractivity contribution in [2.24, 2.45) is 11.3 Å². The molecule has 5 rings (SSSR count). The van der Waals surface area contributed by atoms with E-state index < -0.39 is 31.9 Å². The second kappa shape index (κ2) is 10.3. The van der Waals surface area contributed by atoms with E-state index in [9.17, 15) is 32.5 Å². The molecule has 2 heterocycles. The fourth-order valence-corrected chi connectivity index (χ4v) is 6.07. The van der Waals surface area contributed by atoms with E-state index in [1.54, 1.807) is 13.0 Å². The standard InChI is InChI=1S/C26H25FN6O6S/c1-16-9-11-28-25(29-16)31-40(38,39)21-6-3-19(4-7-21)30-24(35)26-10-8-18(26)14-32(15-26)23(34)12-17-2-5-20(33(36)37)13-22(17)27/h2-7,9,11,13,18H,8,10,12,14-15H2,1H3,(H,30,35)(H,28,29,31). The van der Waals surface area contributed by atoms with Gasteiger partial charge in [0, 0.05) is 36.7 Å². The zero-order valence-corrected chi connectivity index (χ0v) is 22.2. The summed E-state index contributed by atoms with van der Waals surface area (Å²) in [5.74, 6) is -1.58. The average molecular weight is 569 g/mol. The van der Waals surface area contributed by atoms with Crippen LogP contribution in [0.4, 0.5) is 21.7 Å². The van der Waals surface area contributed by atoms with Crippen LogP contribution in [0.25, 0.3) is 0 Å². The van der Waals surface area contributed by atoms with Gasteiger partial charge in [0.05, 0.1) is 27.7 Å². The second-order valence-electron chi connectivity index (χ2n) is 9.98. The van der Waals surface area contributed by atoms with Gasteiger partial charge in [-0.3, -0.25) is 19.7 Å². The molecule has 1 aliphatic carbocycles. The molecule has 2 aliphatic rings. The van der Waals surface area contributed by atoms with E-state index in [0.717, 1.165) is 18.6 Å². The predicted molar refractivity (Wildman–Crippen MR) is 141 cm³/mol. The van der Waals surface area contributed by atoms with Gasteiger partial charge in [-0.25, -0.2) is 27.5 Å². The van der Waals surface area contributed by atoms with Gasteiger partial charge in [-0.15, -0.1) is 0 Å². The number of nitrogens with one attached hydrogen (secondary N) is 2. The fraction of sp³-hybridized carbons (Fsp3) is 0.308. The maximum atomic E-state index is 14.3. The quantitative estimate of drug-likeness (QED) is 0.309. The van der Waals surface area contributed by atoms with E-state index in [2.05, 4.69) is 20.0 Å². The monoisotopic (exact) mass is 568 g/mol. The number of hydrogen-bond donors (Lipinski definition) is 2. The number of hydrogen-bond acceptors (Lipinski definition) is 8. The number of likely N-dealkylation sites (tertiary alicyclic amines) is 1. The maximum Gasteiger partial charge on any atom is 0.272 e. The Morgan fingerprint density at radius 2 is 1.95 bits per heavy atom. The van der Waals surface area contributed by atoms with Crippen molar-refractivity contribution in [1.29, 1.82) is 0 Å². The third-order valence-corrected chi connectivity index (χ3v) is 8.82. The van der Waals surface area contributed by atoms with Crippen molar-refractivity contribution in [3.8, 4) is 0 Å². The van der Waals surface area contributed by atoms with E-state index in [0.29, 0.717) is 24.3 Å². The summed E-state index contributed by atoms with van der Waals surface area (Å²) in [7, 11) is -3.94. The van der Waals surface area contributed by atoms with Crippen molar-refractivity contribution < 1.29 is 27.3 Å². The number of rotatable bonds is 8. The molecule has 1 aromatic heterocycles. The van der Waals surface area contributed by atoms with E-state index in [1.807, 2.05) is 0 Å². The smallest absolute Gasteiger partial charge is 0.272 e. The van der Waals surface area contributed by atoms with Crippen LogP contribution in [0.3, 0.4) is 0 Å². The topological polar surface area (TPSA) is 164 Å². The highest BCUT2D eigenvalue weighted by Gasteiger charge is 2.58. The summed E-state index contributed by atoms with van der Waals surface area (Å²) < 4.78 is 42.0. The van der Waals surface area contributed by atoms with Gasteiger partial charge in [0.25, 0.3) is 15.7 Å². The molecule has 2 unspecified atom stereocenters. The summed E-state index contributed by atoms with van der Waals surface area (Å²) in [4.78, 5) is 45.8. The third-order valence-electron chi connectivity index (χ3n) is 7.47. The largest absolute Gasteiger partial charge is 0.341 e. The van der Waals surface area contributed by atoms with Gasteiger partial charge in [-0.05, 0) is 67.6 Å². The lowest BCUT2D eigenvalue weighted by molar-refractivity contribution is -0.385. The molecule has 2 atom stereocenters. The highest BCUT2D eigenvalue weighted by Crippen LogP contribution is 2.52. The average Bonchev–Trinajstić information content (AvgIpc) is 3.16. The Balaban J connectivity index is 1.22. The number of anilines is 2. The molecule has 1 saturated heterocycles. The molecule has 1 aliphatic heterocycles. The van der Waals surface area contributed by atoms with Gasteiger partial charge in [0.1, 0.15) is 5.82 Å². The first-order valence-electron chi connectivity index (χ1n) is 12.4. The van der Waals surface area contributed by atoms with Gasteiger partial charge in [0.15, 0.2) is 0 Å². The zero-order chi connectivity index (χ0) is 28.7. The first-order valence-corrected chi connectivity index (χ1v) is 13.9. The van der Waals surface area contributed by atoms with Crippen LogP contribution in [0, 0.1) is 34.2 Å². The minimum atomic E-state index is -3.94. The number of carbonyl (C=O) groups excluding carboxylic acids is 2. The Hall–Kier alpha value is -4.46. The molecular weight excluding hydrogens is 543 g/mol. The molecule has 208 valence electrons. The maximum absolute atomic E-state index is 14.3. The van der Waals surface area contributed by atoms with Crippen LogP contribution >= 0.6 is 0 Å². The summed E-state index contributed by atoms with van der Waals surface area (Å²) in [5.41, 5.74) is -0.144. The number of fused-ring (bicyclic) bond motifs is 1. The van der Waals surface area contributed by atoms with Crippen LogP contribution in [0.15, 0.2) is 59.6 Å². The van der Waals surface area contributed by atoms with Gasteiger partial charge < -0.3 is 10.2 Å². The molecule has 2 fully saturated rings. The number of halogens is 1. The van der Waals surface area contributed by atoms with Crippen molar-refractivity contribution in [3.63, 3.8) is 0 Å². The number of carbonyl (C=O) groups is 2. The van der Waals surface area contributed by atoms with Crippen molar-refractivity contribution in [1.82, 2.24) is 14.9 Å². The van der Waals surface area contributed by atoms with Crippen molar-refractivity contribution >= 4 is 39.2 Å². The number of aromatic nitrogens is 2. The minimum Gasteiger partial charge on any atom is -0.341 e. The number of nitro groups is 1. The molecule has 0 radical (unpaired) electrons. The van der Waals surface area contributed by atoms with E-state index >= 15 is 0 Å². The SMILES string of the molecule is Cc1ccnc(NS(=O)(=O)c2ccc(NC(=O)C34CCC3CN(C(=O)Cc3ccc([N+](=O)[O-])cc3F)C4)cc2)n1. The Morgan fingerprint density at radius 1 is 1.20 bits per heavy atom. The van der Waals surface area contributed by atoms with Gasteiger partial charge >= 0.3 is 0 Å². The number of nitro benzene ring substituents is 1. The first-order chi connectivity index (χ1) is 19.0. The van der Waals surface area contributed by atoms with Crippen LogP contribution in [-0.2, 0) is 26.0 Å². The second-order valence-corrected chi connectivity index (χ2v) is 11.7. The molecule has 12 nitrogen and oxygen atoms in total. The van der Waals surface area contributed by atoms with Crippen LogP contribution < -0.4 is 10.0 Å². The predicted octanol–water partition coefficient (Wildman–Crippen LogP) is 3.05. The molecule has 2 N–H and O–H groups in total. The lowest BCUT2D eigenvalue weighted by atomic mass is 9.61. The summed E-state index contributed by atoms with van der Waals surface area (Å²) in [6.45, 7) is 2.23. The number of amides is 2. The van der Waals surface area contributed by atoms with Gasteiger partial charge in [-0.2, -0.15) is 0 Å². The van der Waals surface area contributed by atoms with E-state index in [1.165, 1.54) is 41.4 Å². The van der Waals surface area contributed by atoms with Crippen LogP contribution in [0.1, 0.15) is 24.1 Å². The molecule has 2 amide bonds. The fourth-order valence-electron chi connectivity index (χ4n) is 5.12. The third kappa shape index (κ3) is 5.21. The lowest BCUT2D eigenvalue weighted by Crippen LogP contribution is -2.49. The summed E-state index contributed by atoms with van der Waals surface area (Å²) in [6, 6.07) is 10.5. The molecule has 14 heteroatoms. The van der Waals surface area contributed by atoms with Gasteiger partial charge in [0.2, 0.25) is 17.8 Å². The minimum absolute atomic E-state index is 0.0357. The van der Waals surface area contributed by atoms with Crippen LogP contribution in [0.2, 0.25) is 0 Å². The molecule has 3 aromatic rings. The Bertz CT molecular complexity index is 1620. The molecule has 0 spiro atoms. The molecule has 40 heavy (non-hydrogen) atoms. The number of non-ortho nitro benzene ring substituents is 1. The number of sulfonamides is 1. The first kappa shape index (κ1) is 27.1. The Morgan fingerprint density at radius 3 is 2.58 bits per heavy atom. The number of benzene rings is 2. The summed E-state index contributed by atoms with van der Waals surface area (Å²) in [6.07, 6.45) is 2.50. The van der Waals surface area contributed by atoms with Crippen LogP contribution in [0.5, 0.6) is 0 Å². The summed E-state index contributed by atoms with van der Waals surface area (Å²) >= 11 is 0. The Kier molecular flexibility index (Phi) is 6.96. The highest BCUT2D eigenvalue weighted by atomic mass is 32.2. The normalized spacial score (nSPS) is 19.9. The molecular formula is C26H25FN6O6S. The zero-order valence-electron chi connectivity index (χ0n) is 21.3. The lowest BCUT2D eigenvalue weighted by Gasteiger charge is -2.42. The summed E-state index contributed by atoms with van der Waals surface area (Å²) in [5, 5.41) is 13.7. The van der Waals surface area contributed by atoms with Crippen molar-refractivity contribution in [2.75, 3.05) is 23.1 Å². The number of nitrogens with zero attached hydrogens (tertiary/aromatic N) is 4. The molecule has 1 saturated carbocycles. The van der Waals surface area contributed by atoms with Crippen LogP contribution in [-0.4, -0.2) is 53.1 Å². The van der Waals surface area contributed by atoms with E-state index in [-0.39, 0.29) is 47.1 Å². The van der Waals surface area contributed by atoms with Crippen molar-refractivity contribution in [3.05, 3.63) is 81.9 Å². The molecule has 2 aromatic carbocycles. The highest BCUT2D eigenvalue weighted by molar-refractivity contribution is 7.92.